The van der Waals surface area contributed by atoms with Gasteiger partial charge in [0.15, 0.2) is 0 Å². The number of hydrogen-bond acceptors (Lipinski definition) is 5. The van der Waals surface area contributed by atoms with Crippen LogP contribution in [0.4, 0.5) is 0 Å². The molecule has 2 aromatic carbocycles. The summed E-state index contributed by atoms with van der Waals surface area (Å²) in [6.45, 7) is 6.43. The maximum atomic E-state index is 11.8. The van der Waals surface area contributed by atoms with Crippen molar-refractivity contribution in [1.82, 2.24) is 4.90 Å². The summed E-state index contributed by atoms with van der Waals surface area (Å²) >= 11 is 0. The highest BCUT2D eigenvalue weighted by Gasteiger charge is 2.32. The highest BCUT2D eigenvalue weighted by atomic mass is 16.5. The maximum Gasteiger partial charge on any atom is 0.337 e. The number of rotatable bonds is 4. The van der Waals surface area contributed by atoms with Gasteiger partial charge in [0.2, 0.25) is 0 Å². The molecule has 0 spiro atoms. The van der Waals surface area contributed by atoms with Crippen LogP contribution >= 0.6 is 0 Å². The van der Waals surface area contributed by atoms with E-state index in [1.165, 1.54) is 12.7 Å². The van der Waals surface area contributed by atoms with E-state index in [1.807, 2.05) is 18.2 Å². The van der Waals surface area contributed by atoms with Crippen LogP contribution in [0.5, 0.6) is 11.5 Å². The first kappa shape index (κ1) is 18.3. The van der Waals surface area contributed by atoms with Crippen molar-refractivity contribution in [1.29, 1.82) is 0 Å². The molecule has 0 N–H and O–H groups in total. The van der Waals surface area contributed by atoms with Gasteiger partial charge in [0, 0.05) is 18.7 Å². The molecule has 0 aliphatic carbocycles. The molecule has 5 nitrogen and oxygen atoms in total. The third-order valence-corrected chi connectivity index (χ3v) is 4.82. The van der Waals surface area contributed by atoms with E-state index in [9.17, 15) is 4.79 Å². The molecular formula is C21H25NO4. The Balaban J connectivity index is 1.84. The largest absolute Gasteiger partial charge is 0.497 e. The number of methoxy groups -OCH3 is 2. The van der Waals surface area contributed by atoms with Crippen LogP contribution in [0.25, 0.3) is 0 Å². The summed E-state index contributed by atoms with van der Waals surface area (Å²) in [5.41, 5.74) is 2.64. The summed E-state index contributed by atoms with van der Waals surface area (Å²) in [6, 6.07) is 13.6. The van der Waals surface area contributed by atoms with Crippen LogP contribution in [0.15, 0.2) is 42.5 Å². The highest BCUT2D eigenvalue weighted by molar-refractivity contribution is 5.89. The smallest absolute Gasteiger partial charge is 0.337 e. The fourth-order valence-corrected chi connectivity index (χ4v) is 3.05. The Morgan fingerprint density at radius 1 is 1.15 bits per heavy atom. The Morgan fingerprint density at radius 3 is 2.54 bits per heavy atom. The molecule has 1 aliphatic rings. The van der Waals surface area contributed by atoms with Gasteiger partial charge in [0.25, 0.3) is 0 Å². The van der Waals surface area contributed by atoms with E-state index < -0.39 is 0 Å². The quantitative estimate of drug-likeness (QED) is 0.784. The fourth-order valence-electron chi connectivity index (χ4n) is 3.05. The zero-order valence-corrected chi connectivity index (χ0v) is 15.7. The number of ether oxygens (including phenoxy) is 3. The second kappa shape index (κ2) is 7.38. The van der Waals surface area contributed by atoms with Gasteiger partial charge in [-0.2, -0.15) is 0 Å². The van der Waals surface area contributed by atoms with Crippen LogP contribution in [0.3, 0.4) is 0 Å². The lowest BCUT2D eigenvalue weighted by molar-refractivity contribution is 0.0599. The number of carbonyl (C=O) groups excluding carboxylic acids is 1. The maximum absolute atomic E-state index is 11.8. The first-order valence-corrected chi connectivity index (χ1v) is 8.65. The molecule has 26 heavy (non-hydrogen) atoms. The topological polar surface area (TPSA) is 48.0 Å². The minimum absolute atomic E-state index is 0.148. The minimum atomic E-state index is -0.352. The molecule has 0 amide bonds. The monoisotopic (exact) mass is 355 g/mol. The number of esters is 1. The van der Waals surface area contributed by atoms with Crippen molar-refractivity contribution in [2.75, 3.05) is 20.8 Å². The molecule has 1 aliphatic heterocycles. The zero-order valence-electron chi connectivity index (χ0n) is 15.7. The Bertz CT molecular complexity index is 783. The molecule has 0 unspecified atom stereocenters. The second-order valence-electron chi connectivity index (χ2n) is 7.12. The molecule has 138 valence electrons. The van der Waals surface area contributed by atoms with Crippen LogP contribution in [0.1, 0.15) is 35.3 Å². The van der Waals surface area contributed by atoms with Gasteiger partial charge in [-0.1, -0.05) is 18.2 Å². The van der Waals surface area contributed by atoms with Crippen molar-refractivity contribution in [2.45, 2.75) is 32.5 Å². The van der Waals surface area contributed by atoms with Crippen molar-refractivity contribution in [3.8, 4) is 11.5 Å². The van der Waals surface area contributed by atoms with Gasteiger partial charge in [-0.15, -0.1) is 0 Å². The van der Waals surface area contributed by atoms with E-state index in [1.54, 1.807) is 19.2 Å². The van der Waals surface area contributed by atoms with Crippen molar-refractivity contribution >= 4 is 5.97 Å². The lowest BCUT2D eigenvalue weighted by Gasteiger charge is -2.36. The van der Waals surface area contributed by atoms with E-state index in [0.717, 1.165) is 30.2 Å². The summed E-state index contributed by atoms with van der Waals surface area (Å²) in [6.07, 6.45) is 0. The SMILES string of the molecule is COC(=O)c1ccc2c(c1)OCC(C)(C)N(Cc1ccc(OC)cc1)C2. The van der Waals surface area contributed by atoms with Gasteiger partial charge >= 0.3 is 5.97 Å². The number of nitrogens with zero attached hydrogens (tertiary/aromatic N) is 1. The Hall–Kier alpha value is -2.53. The number of carbonyl (C=O) groups is 1. The molecule has 3 rings (SSSR count). The summed E-state index contributed by atoms with van der Waals surface area (Å²) in [5.74, 6) is 1.25. The van der Waals surface area contributed by atoms with E-state index in [0.29, 0.717) is 12.2 Å². The molecule has 1 heterocycles. The van der Waals surface area contributed by atoms with Gasteiger partial charge in [0.1, 0.15) is 18.1 Å². The molecule has 0 bridgehead atoms. The molecular weight excluding hydrogens is 330 g/mol. The van der Waals surface area contributed by atoms with Crippen molar-refractivity contribution < 1.29 is 19.0 Å². The first-order chi connectivity index (χ1) is 12.4. The van der Waals surface area contributed by atoms with Gasteiger partial charge in [-0.25, -0.2) is 4.79 Å². The third-order valence-electron chi connectivity index (χ3n) is 4.82. The van der Waals surface area contributed by atoms with Crippen LogP contribution in [0.2, 0.25) is 0 Å². The summed E-state index contributed by atoms with van der Waals surface area (Å²) < 4.78 is 16.1. The van der Waals surface area contributed by atoms with E-state index in [4.69, 9.17) is 14.2 Å². The predicted molar refractivity (Wildman–Crippen MR) is 99.6 cm³/mol. The van der Waals surface area contributed by atoms with Gasteiger partial charge in [-0.05, 0) is 43.7 Å². The van der Waals surface area contributed by atoms with Crippen molar-refractivity contribution in [3.63, 3.8) is 0 Å². The molecule has 0 saturated heterocycles. The predicted octanol–water partition coefficient (Wildman–Crippen LogP) is 3.66. The molecule has 5 heteroatoms. The van der Waals surface area contributed by atoms with Crippen LogP contribution in [0, 0.1) is 0 Å². The lowest BCUT2D eigenvalue weighted by atomic mass is 10.0. The van der Waals surface area contributed by atoms with Crippen LogP contribution in [-0.4, -0.2) is 37.2 Å². The Kier molecular flexibility index (Phi) is 5.18. The van der Waals surface area contributed by atoms with E-state index >= 15 is 0 Å². The first-order valence-electron chi connectivity index (χ1n) is 8.65. The second-order valence-corrected chi connectivity index (χ2v) is 7.12. The zero-order chi connectivity index (χ0) is 18.7. The summed E-state index contributed by atoms with van der Waals surface area (Å²) in [4.78, 5) is 14.2. The van der Waals surface area contributed by atoms with Crippen molar-refractivity contribution in [3.05, 3.63) is 59.2 Å². The summed E-state index contributed by atoms with van der Waals surface area (Å²) in [5, 5.41) is 0. The van der Waals surface area contributed by atoms with Crippen LogP contribution < -0.4 is 9.47 Å². The van der Waals surface area contributed by atoms with Crippen molar-refractivity contribution in [2.24, 2.45) is 0 Å². The Labute approximate surface area is 154 Å². The molecule has 0 radical (unpaired) electrons. The minimum Gasteiger partial charge on any atom is -0.497 e. The van der Waals surface area contributed by atoms with Gasteiger partial charge in [-0.3, -0.25) is 4.90 Å². The van der Waals surface area contributed by atoms with Gasteiger partial charge in [0.05, 0.1) is 25.3 Å². The highest BCUT2D eigenvalue weighted by Crippen LogP contribution is 2.32. The number of fused-ring (bicyclic) bond motifs is 1. The third kappa shape index (κ3) is 3.83. The summed E-state index contributed by atoms with van der Waals surface area (Å²) in [7, 11) is 3.05. The normalized spacial score (nSPS) is 16.2. The molecule has 0 atom stereocenters. The average molecular weight is 355 g/mol. The molecule has 2 aromatic rings. The Morgan fingerprint density at radius 2 is 1.88 bits per heavy atom. The molecule has 0 fully saturated rings. The van der Waals surface area contributed by atoms with E-state index in [-0.39, 0.29) is 11.5 Å². The molecule has 0 aromatic heterocycles. The fraction of sp³-hybridized carbons (Fsp3) is 0.381. The van der Waals surface area contributed by atoms with Crippen LogP contribution in [-0.2, 0) is 17.8 Å². The van der Waals surface area contributed by atoms with E-state index in [2.05, 4.69) is 30.9 Å². The molecule has 0 saturated carbocycles. The number of hydrogen-bond donors (Lipinski definition) is 0. The lowest BCUT2D eigenvalue weighted by Crippen LogP contribution is -2.45. The number of benzene rings is 2. The average Bonchev–Trinajstić information content (AvgIpc) is 2.78. The standard InChI is InChI=1S/C21H25NO4/c1-21(2)14-26-19-11-16(20(23)25-4)7-8-17(19)13-22(21)12-15-5-9-18(24-3)10-6-15/h5-11H,12-14H2,1-4H3. The van der Waals surface area contributed by atoms with Gasteiger partial charge < -0.3 is 14.2 Å².